The predicted molar refractivity (Wildman–Crippen MR) is 53.3 cm³/mol. The SMILES string of the molecule is CC(C)CC(O)C(=O)OCCCC(=O)O. The van der Waals surface area contributed by atoms with Gasteiger partial charge in [-0.05, 0) is 18.8 Å². The van der Waals surface area contributed by atoms with E-state index in [1.165, 1.54) is 0 Å². The Hall–Kier alpha value is -1.10. The van der Waals surface area contributed by atoms with Gasteiger partial charge >= 0.3 is 11.9 Å². The van der Waals surface area contributed by atoms with Crippen LogP contribution in [0.5, 0.6) is 0 Å². The summed E-state index contributed by atoms with van der Waals surface area (Å²) in [5.41, 5.74) is 0. The Labute approximate surface area is 89.0 Å². The first-order valence-electron chi connectivity index (χ1n) is 5.00. The number of hydrogen-bond acceptors (Lipinski definition) is 4. The van der Waals surface area contributed by atoms with Gasteiger partial charge in [-0.25, -0.2) is 4.79 Å². The lowest BCUT2D eigenvalue weighted by atomic mass is 10.1. The third-order valence-corrected chi connectivity index (χ3v) is 1.75. The number of carboxylic acids is 1. The molecule has 0 amide bonds. The van der Waals surface area contributed by atoms with E-state index in [-0.39, 0.29) is 25.4 Å². The number of esters is 1. The van der Waals surface area contributed by atoms with Gasteiger partial charge in [0.15, 0.2) is 6.10 Å². The Balaban J connectivity index is 3.60. The zero-order valence-corrected chi connectivity index (χ0v) is 9.10. The third-order valence-electron chi connectivity index (χ3n) is 1.75. The van der Waals surface area contributed by atoms with Crippen molar-refractivity contribution in [3.05, 3.63) is 0 Å². The quantitative estimate of drug-likeness (QED) is 0.488. The summed E-state index contributed by atoms with van der Waals surface area (Å²) in [5, 5.41) is 17.6. The lowest BCUT2D eigenvalue weighted by Crippen LogP contribution is -2.25. The molecule has 1 atom stereocenters. The molecule has 1 unspecified atom stereocenters. The number of aliphatic carboxylic acids is 1. The summed E-state index contributed by atoms with van der Waals surface area (Å²) in [4.78, 5) is 21.2. The number of carboxylic acid groups (broad SMARTS) is 1. The van der Waals surface area contributed by atoms with Crippen molar-refractivity contribution in [1.82, 2.24) is 0 Å². The predicted octanol–water partition coefficient (Wildman–Crippen LogP) is 0.801. The molecule has 15 heavy (non-hydrogen) atoms. The maximum Gasteiger partial charge on any atom is 0.334 e. The van der Waals surface area contributed by atoms with Gasteiger partial charge in [0, 0.05) is 6.42 Å². The first kappa shape index (κ1) is 13.9. The molecule has 0 aliphatic carbocycles. The molecule has 0 aromatic heterocycles. The molecule has 5 nitrogen and oxygen atoms in total. The standard InChI is InChI=1S/C10H18O5/c1-7(2)6-8(11)10(14)15-5-3-4-9(12)13/h7-8,11H,3-6H2,1-2H3,(H,12,13). The molecule has 0 aromatic rings. The van der Waals surface area contributed by atoms with Gasteiger partial charge in [0.2, 0.25) is 0 Å². The lowest BCUT2D eigenvalue weighted by Gasteiger charge is -2.11. The highest BCUT2D eigenvalue weighted by Gasteiger charge is 2.17. The van der Waals surface area contributed by atoms with E-state index in [9.17, 15) is 14.7 Å². The fourth-order valence-electron chi connectivity index (χ4n) is 1.04. The molecule has 0 saturated heterocycles. The average molecular weight is 218 g/mol. The second kappa shape index (κ2) is 7.23. The molecule has 0 saturated carbocycles. The van der Waals surface area contributed by atoms with Crippen LogP contribution in [0.3, 0.4) is 0 Å². The third kappa shape index (κ3) is 7.93. The minimum Gasteiger partial charge on any atom is -0.481 e. The van der Waals surface area contributed by atoms with Crippen LogP contribution >= 0.6 is 0 Å². The minimum atomic E-state index is -1.10. The Kier molecular flexibility index (Phi) is 6.70. The van der Waals surface area contributed by atoms with Gasteiger partial charge in [-0.2, -0.15) is 0 Å². The number of rotatable bonds is 7. The monoisotopic (exact) mass is 218 g/mol. The summed E-state index contributed by atoms with van der Waals surface area (Å²) in [6, 6.07) is 0. The smallest absolute Gasteiger partial charge is 0.334 e. The number of carbonyl (C=O) groups excluding carboxylic acids is 1. The zero-order chi connectivity index (χ0) is 11.8. The van der Waals surface area contributed by atoms with Crippen molar-refractivity contribution >= 4 is 11.9 Å². The summed E-state index contributed by atoms with van der Waals surface area (Å²) >= 11 is 0. The van der Waals surface area contributed by atoms with Gasteiger partial charge in [-0.1, -0.05) is 13.8 Å². The number of ether oxygens (including phenoxy) is 1. The number of hydrogen-bond donors (Lipinski definition) is 2. The largest absolute Gasteiger partial charge is 0.481 e. The summed E-state index contributed by atoms with van der Waals surface area (Å²) < 4.78 is 4.70. The van der Waals surface area contributed by atoms with Crippen LogP contribution in [0.4, 0.5) is 0 Å². The van der Waals surface area contributed by atoms with Crippen LogP contribution in [0, 0.1) is 5.92 Å². The molecule has 0 bridgehead atoms. The normalized spacial score (nSPS) is 12.5. The van der Waals surface area contributed by atoms with Crippen LogP contribution in [0.25, 0.3) is 0 Å². The van der Waals surface area contributed by atoms with Crippen molar-refractivity contribution in [2.75, 3.05) is 6.61 Å². The molecular formula is C10H18O5. The Morgan fingerprint density at radius 2 is 1.93 bits per heavy atom. The van der Waals surface area contributed by atoms with Crippen molar-refractivity contribution in [2.24, 2.45) is 5.92 Å². The van der Waals surface area contributed by atoms with Crippen molar-refractivity contribution in [2.45, 2.75) is 39.2 Å². The molecule has 88 valence electrons. The molecule has 0 aromatic carbocycles. The van der Waals surface area contributed by atoms with Gasteiger partial charge in [-0.15, -0.1) is 0 Å². The number of aliphatic hydroxyl groups is 1. The van der Waals surface area contributed by atoms with Gasteiger partial charge < -0.3 is 14.9 Å². The highest BCUT2D eigenvalue weighted by atomic mass is 16.5. The molecule has 0 spiro atoms. The molecule has 5 heteroatoms. The summed E-state index contributed by atoms with van der Waals surface area (Å²) in [6.45, 7) is 3.82. The van der Waals surface area contributed by atoms with Gasteiger partial charge in [-0.3, -0.25) is 4.79 Å². The van der Waals surface area contributed by atoms with Crippen molar-refractivity contribution < 1.29 is 24.5 Å². The molecule has 0 heterocycles. The highest BCUT2D eigenvalue weighted by molar-refractivity contribution is 5.74. The van der Waals surface area contributed by atoms with Gasteiger partial charge in [0.25, 0.3) is 0 Å². The maximum atomic E-state index is 11.1. The van der Waals surface area contributed by atoms with Crippen LogP contribution in [0.1, 0.15) is 33.1 Å². The second-order valence-electron chi connectivity index (χ2n) is 3.81. The fraction of sp³-hybridized carbons (Fsp3) is 0.800. The van der Waals surface area contributed by atoms with Crippen molar-refractivity contribution in [1.29, 1.82) is 0 Å². The molecule has 0 aliphatic rings. The Morgan fingerprint density at radius 3 is 2.40 bits per heavy atom. The molecule has 2 N–H and O–H groups in total. The highest BCUT2D eigenvalue weighted by Crippen LogP contribution is 2.06. The van der Waals surface area contributed by atoms with Crippen LogP contribution in [-0.2, 0) is 14.3 Å². The van der Waals surface area contributed by atoms with E-state index >= 15 is 0 Å². The Morgan fingerprint density at radius 1 is 1.33 bits per heavy atom. The van der Waals surface area contributed by atoms with Gasteiger partial charge in [0.05, 0.1) is 6.61 Å². The Bertz CT molecular complexity index is 212. The molecular weight excluding hydrogens is 200 g/mol. The van der Waals surface area contributed by atoms with Crippen LogP contribution < -0.4 is 0 Å². The first-order chi connectivity index (χ1) is 6.93. The fourth-order valence-corrected chi connectivity index (χ4v) is 1.04. The van der Waals surface area contributed by atoms with Crippen molar-refractivity contribution in [3.8, 4) is 0 Å². The number of aliphatic hydroxyl groups excluding tert-OH is 1. The van der Waals surface area contributed by atoms with E-state index < -0.39 is 18.0 Å². The summed E-state index contributed by atoms with van der Waals surface area (Å²) in [7, 11) is 0. The van der Waals surface area contributed by atoms with Gasteiger partial charge in [0.1, 0.15) is 0 Å². The van der Waals surface area contributed by atoms with Crippen LogP contribution in [0.15, 0.2) is 0 Å². The molecule has 0 fully saturated rings. The van der Waals surface area contributed by atoms with Crippen LogP contribution in [0.2, 0.25) is 0 Å². The van der Waals surface area contributed by atoms with E-state index in [0.717, 1.165) is 0 Å². The lowest BCUT2D eigenvalue weighted by molar-refractivity contribution is -0.155. The zero-order valence-electron chi connectivity index (χ0n) is 9.10. The molecule has 0 aliphatic heterocycles. The molecule has 0 radical (unpaired) electrons. The van der Waals surface area contributed by atoms with E-state index in [2.05, 4.69) is 0 Å². The minimum absolute atomic E-state index is 0.0342. The number of carbonyl (C=O) groups is 2. The second-order valence-corrected chi connectivity index (χ2v) is 3.81. The molecule has 0 rings (SSSR count). The van der Waals surface area contributed by atoms with E-state index in [4.69, 9.17) is 9.84 Å². The topological polar surface area (TPSA) is 83.8 Å². The van der Waals surface area contributed by atoms with E-state index in [0.29, 0.717) is 6.42 Å². The summed E-state index contributed by atoms with van der Waals surface area (Å²) in [6.07, 6.45) is -0.504. The van der Waals surface area contributed by atoms with Crippen LogP contribution in [-0.4, -0.2) is 34.9 Å². The first-order valence-corrected chi connectivity index (χ1v) is 5.00. The maximum absolute atomic E-state index is 11.1. The average Bonchev–Trinajstić information content (AvgIpc) is 2.10. The van der Waals surface area contributed by atoms with E-state index in [1.54, 1.807) is 0 Å². The van der Waals surface area contributed by atoms with E-state index in [1.807, 2.05) is 13.8 Å². The summed E-state index contributed by atoms with van der Waals surface area (Å²) in [5.74, 6) is -1.38. The van der Waals surface area contributed by atoms with Crippen molar-refractivity contribution in [3.63, 3.8) is 0 Å².